The molecule has 4 unspecified atom stereocenters. The quantitative estimate of drug-likeness (QED) is 0.216. The summed E-state index contributed by atoms with van der Waals surface area (Å²) in [5, 5.41) is 10.0. The van der Waals surface area contributed by atoms with Crippen LogP contribution in [0.4, 0.5) is 13.2 Å². The standard InChI is InChI=1S/C29H35ClF3N3O3/c1-4-6-24(30)23(13-14-29(31,32)33)28(37)34-22-8-5-7-20(9-11-22)16-36-19(3)18(2)27(35-36)21-10-12-25-26(15-21)39-17-38-25/h4,6,10,12-13,15,18-20,22H,1,5,7-9,11,14,16-17H2,2-3H3,(H,34,37). The molecule has 6 nitrogen and oxygen atoms in total. The molecule has 1 N–H and O–H groups in total. The minimum absolute atomic E-state index is 0.0634. The zero-order valence-corrected chi connectivity index (χ0v) is 23.0. The number of nitrogens with zero attached hydrogens (tertiary/aromatic N) is 2. The van der Waals surface area contributed by atoms with E-state index >= 15 is 0 Å². The Balaban J connectivity index is 1.37. The maximum atomic E-state index is 12.9. The van der Waals surface area contributed by atoms with Gasteiger partial charge in [0.25, 0.3) is 5.91 Å². The molecule has 1 aromatic carbocycles. The number of ether oxygens (including phenoxy) is 2. The van der Waals surface area contributed by atoms with Crippen LogP contribution >= 0.6 is 11.6 Å². The first-order chi connectivity index (χ1) is 18.6. The van der Waals surface area contributed by atoms with Crippen LogP contribution in [-0.4, -0.2) is 48.2 Å². The number of fused-ring (bicyclic) bond motifs is 1. The molecule has 39 heavy (non-hydrogen) atoms. The lowest BCUT2D eigenvalue weighted by molar-refractivity contribution is -0.125. The van der Waals surface area contributed by atoms with Crippen molar-refractivity contribution in [3.8, 4) is 11.5 Å². The fourth-order valence-electron chi connectivity index (χ4n) is 5.33. The molecule has 212 valence electrons. The molecule has 4 atom stereocenters. The SMILES string of the molecule is C=CC=C(Cl)C(=CCC(F)(F)F)C(=O)NC1CCCC(CN2N=C(c3ccc4c(c3)OCO4)C(C)C2C)CC1. The van der Waals surface area contributed by atoms with Gasteiger partial charge in [0.15, 0.2) is 11.5 Å². The number of allylic oxidation sites excluding steroid dienone is 3. The van der Waals surface area contributed by atoms with Crippen molar-refractivity contribution in [3.63, 3.8) is 0 Å². The summed E-state index contributed by atoms with van der Waals surface area (Å²) in [5.74, 6) is 1.54. The summed E-state index contributed by atoms with van der Waals surface area (Å²) in [5.41, 5.74) is 1.88. The first-order valence-electron chi connectivity index (χ1n) is 13.4. The van der Waals surface area contributed by atoms with E-state index in [1.54, 1.807) is 0 Å². The smallest absolute Gasteiger partial charge is 0.392 e. The summed E-state index contributed by atoms with van der Waals surface area (Å²) in [6, 6.07) is 6.04. The summed E-state index contributed by atoms with van der Waals surface area (Å²) in [6.07, 6.45) is 2.12. The summed E-state index contributed by atoms with van der Waals surface area (Å²) in [7, 11) is 0. The van der Waals surface area contributed by atoms with Gasteiger partial charge in [-0.15, -0.1) is 0 Å². The van der Waals surface area contributed by atoms with Crippen LogP contribution in [0.15, 0.2) is 58.7 Å². The first kappa shape index (κ1) is 29.1. The van der Waals surface area contributed by atoms with Crippen LogP contribution in [0.1, 0.15) is 57.9 Å². The Morgan fingerprint density at radius 3 is 2.72 bits per heavy atom. The number of hydrogen-bond donors (Lipinski definition) is 1. The number of hydrazone groups is 1. The third-order valence-electron chi connectivity index (χ3n) is 7.70. The Morgan fingerprint density at radius 2 is 1.97 bits per heavy atom. The highest BCUT2D eigenvalue weighted by atomic mass is 35.5. The average molecular weight is 566 g/mol. The number of carbonyl (C=O) groups excluding carboxylic acids is 1. The van der Waals surface area contributed by atoms with E-state index in [1.807, 2.05) is 18.2 Å². The molecular weight excluding hydrogens is 531 g/mol. The second-order valence-corrected chi connectivity index (χ2v) is 10.8. The third kappa shape index (κ3) is 7.38. The number of rotatable bonds is 8. The van der Waals surface area contributed by atoms with E-state index < -0.39 is 18.5 Å². The van der Waals surface area contributed by atoms with Crippen molar-refractivity contribution in [1.29, 1.82) is 0 Å². The molecule has 10 heteroatoms. The number of nitrogens with one attached hydrogen (secondary N) is 1. The molecule has 1 aromatic rings. The maximum absolute atomic E-state index is 12.9. The number of carbonyl (C=O) groups is 1. The van der Waals surface area contributed by atoms with Crippen molar-refractivity contribution in [2.75, 3.05) is 13.3 Å². The van der Waals surface area contributed by atoms with Crippen molar-refractivity contribution in [2.45, 2.75) is 70.6 Å². The summed E-state index contributed by atoms with van der Waals surface area (Å²) >= 11 is 6.11. The topological polar surface area (TPSA) is 63.2 Å². The molecule has 1 amide bonds. The molecule has 0 bridgehead atoms. The highest BCUT2D eigenvalue weighted by Gasteiger charge is 2.34. The van der Waals surface area contributed by atoms with Gasteiger partial charge in [0.05, 0.1) is 28.8 Å². The van der Waals surface area contributed by atoms with Crippen LogP contribution in [0.5, 0.6) is 11.5 Å². The predicted molar refractivity (Wildman–Crippen MR) is 146 cm³/mol. The van der Waals surface area contributed by atoms with Gasteiger partial charge in [-0.05, 0) is 62.8 Å². The summed E-state index contributed by atoms with van der Waals surface area (Å²) in [4.78, 5) is 12.9. The number of halogens is 4. The Hall–Kier alpha value is -2.94. The number of hydrogen-bond acceptors (Lipinski definition) is 5. The summed E-state index contributed by atoms with van der Waals surface area (Å²) in [6.45, 7) is 8.92. The fraction of sp³-hybridized carbons (Fsp3) is 0.517. The minimum atomic E-state index is -4.43. The average Bonchev–Trinajstić information content (AvgIpc) is 3.37. The van der Waals surface area contributed by atoms with Gasteiger partial charge in [-0.1, -0.05) is 43.7 Å². The first-order valence-corrected chi connectivity index (χ1v) is 13.7. The van der Waals surface area contributed by atoms with Gasteiger partial charge < -0.3 is 14.8 Å². The van der Waals surface area contributed by atoms with Crippen LogP contribution in [0.3, 0.4) is 0 Å². The second-order valence-electron chi connectivity index (χ2n) is 10.4. The van der Waals surface area contributed by atoms with E-state index in [2.05, 4.69) is 30.8 Å². The van der Waals surface area contributed by atoms with E-state index in [4.69, 9.17) is 26.2 Å². The van der Waals surface area contributed by atoms with Crippen molar-refractivity contribution in [2.24, 2.45) is 16.9 Å². The molecule has 2 heterocycles. The molecule has 0 aromatic heterocycles. The van der Waals surface area contributed by atoms with Gasteiger partial charge in [-0.3, -0.25) is 9.80 Å². The Kier molecular flexibility index (Phi) is 9.31. The lowest BCUT2D eigenvalue weighted by Gasteiger charge is -2.27. The zero-order chi connectivity index (χ0) is 28.2. The van der Waals surface area contributed by atoms with Gasteiger partial charge in [0.1, 0.15) is 0 Å². The number of benzene rings is 1. The molecule has 4 rings (SSSR count). The van der Waals surface area contributed by atoms with Crippen LogP contribution in [-0.2, 0) is 4.79 Å². The van der Waals surface area contributed by atoms with E-state index in [1.165, 1.54) is 12.2 Å². The Morgan fingerprint density at radius 1 is 1.21 bits per heavy atom. The highest BCUT2D eigenvalue weighted by molar-refractivity contribution is 6.35. The third-order valence-corrected chi connectivity index (χ3v) is 8.03. The highest BCUT2D eigenvalue weighted by Crippen LogP contribution is 2.36. The summed E-state index contributed by atoms with van der Waals surface area (Å²) < 4.78 is 49.4. The van der Waals surface area contributed by atoms with E-state index in [0.29, 0.717) is 5.92 Å². The lowest BCUT2D eigenvalue weighted by atomic mass is 9.93. The van der Waals surface area contributed by atoms with E-state index in [-0.39, 0.29) is 35.4 Å². The van der Waals surface area contributed by atoms with Crippen LogP contribution < -0.4 is 14.8 Å². The molecule has 2 aliphatic heterocycles. The Bertz CT molecular complexity index is 1160. The van der Waals surface area contributed by atoms with Crippen LogP contribution in [0.25, 0.3) is 0 Å². The van der Waals surface area contributed by atoms with Gasteiger partial charge in [-0.25, -0.2) is 0 Å². The largest absolute Gasteiger partial charge is 0.454 e. The van der Waals surface area contributed by atoms with Crippen LogP contribution in [0, 0.1) is 11.8 Å². The van der Waals surface area contributed by atoms with Gasteiger partial charge >= 0.3 is 6.18 Å². The van der Waals surface area contributed by atoms with Gasteiger partial charge in [-0.2, -0.15) is 18.3 Å². The number of amides is 1. The van der Waals surface area contributed by atoms with Crippen molar-refractivity contribution >= 4 is 23.2 Å². The minimum Gasteiger partial charge on any atom is -0.454 e. The molecule has 0 radical (unpaired) electrons. The molecule has 1 aliphatic carbocycles. The molecule has 3 aliphatic rings. The molecule has 0 saturated heterocycles. The fourth-order valence-corrected chi connectivity index (χ4v) is 5.59. The second kappa shape index (κ2) is 12.5. The Labute approximate surface area is 232 Å². The van der Waals surface area contributed by atoms with Crippen molar-refractivity contribution < 1.29 is 27.4 Å². The van der Waals surface area contributed by atoms with Crippen LogP contribution in [0.2, 0.25) is 0 Å². The normalized spacial score (nSPS) is 25.8. The monoisotopic (exact) mass is 565 g/mol. The van der Waals surface area contributed by atoms with Crippen molar-refractivity contribution in [1.82, 2.24) is 10.3 Å². The molecule has 0 spiro atoms. The molecule has 1 saturated carbocycles. The zero-order valence-electron chi connectivity index (χ0n) is 22.3. The number of alkyl halides is 3. The molecule has 1 fully saturated rings. The maximum Gasteiger partial charge on any atom is 0.392 e. The van der Waals surface area contributed by atoms with E-state index in [9.17, 15) is 18.0 Å². The lowest BCUT2D eigenvalue weighted by Crippen LogP contribution is -2.36. The molecular formula is C29H35ClF3N3O3. The van der Waals surface area contributed by atoms with Crippen molar-refractivity contribution in [3.05, 3.63) is 59.2 Å². The van der Waals surface area contributed by atoms with Gasteiger partial charge in [0, 0.05) is 24.1 Å². The predicted octanol–water partition coefficient (Wildman–Crippen LogP) is 6.71. The van der Waals surface area contributed by atoms with E-state index in [0.717, 1.165) is 67.5 Å². The van der Waals surface area contributed by atoms with Gasteiger partial charge in [0.2, 0.25) is 6.79 Å².